The lowest BCUT2D eigenvalue weighted by atomic mass is 9.75. The van der Waals surface area contributed by atoms with E-state index < -0.39 is 23.4 Å². The van der Waals surface area contributed by atoms with E-state index in [9.17, 15) is 19.5 Å². The molecule has 0 radical (unpaired) electrons. The molecule has 1 aliphatic rings. The van der Waals surface area contributed by atoms with Gasteiger partial charge in [0.2, 0.25) is 0 Å². The van der Waals surface area contributed by atoms with E-state index in [0.29, 0.717) is 11.4 Å². The molecule has 0 bridgehead atoms. The van der Waals surface area contributed by atoms with Gasteiger partial charge in [0.05, 0.1) is 18.4 Å². The summed E-state index contributed by atoms with van der Waals surface area (Å²) in [4.78, 5) is 39.2. The summed E-state index contributed by atoms with van der Waals surface area (Å²) in [6.07, 6.45) is 4.42. The molecular weight excluding hydrogens is 506 g/mol. The van der Waals surface area contributed by atoms with Crippen LogP contribution in [-0.4, -0.2) is 35.7 Å². The van der Waals surface area contributed by atoms with E-state index in [0.717, 1.165) is 54.4 Å². The number of carboxylic acid groups (broad SMARTS) is 1. The Morgan fingerprint density at radius 1 is 0.875 bits per heavy atom. The van der Waals surface area contributed by atoms with E-state index in [4.69, 9.17) is 4.74 Å². The summed E-state index contributed by atoms with van der Waals surface area (Å²) in [6, 6.07) is 17.8. The van der Waals surface area contributed by atoms with Crippen LogP contribution < -0.4 is 20.7 Å². The maximum Gasteiger partial charge on any atom is 0.329 e. The van der Waals surface area contributed by atoms with Crippen molar-refractivity contribution in [3.63, 3.8) is 0 Å². The molecule has 0 heterocycles. The lowest BCUT2D eigenvalue weighted by Gasteiger charge is -2.37. The third kappa shape index (κ3) is 6.28. The van der Waals surface area contributed by atoms with Gasteiger partial charge in [-0.2, -0.15) is 0 Å². The predicted octanol–water partition coefficient (Wildman–Crippen LogP) is 6.78. The molecule has 3 amide bonds. The first-order valence-electron chi connectivity index (χ1n) is 13.6. The smallest absolute Gasteiger partial charge is 0.329 e. The molecule has 0 aromatic heterocycles. The average molecular weight is 544 g/mol. The molecule has 0 spiro atoms. The normalized spacial score (nSPS) is 15.0. The zero-order chi connectivity index (χ0) is 28.9. The van der Waals surface area contributed by atoms with Gasteiger partial charge in [-0.15, -0.1) is 0 Å². The van der Waals surface area contributed by atoms with E-state index in [1.807, 2.05) is 56.3 Å². The minimum atomic E-state index is -1.43. The molecule has 0 aliphatic heterocycles. The molecule has 3 aromatic rings. The van der Waals surface area contributed by atoms with Gasteiger partial charge >= 0.3 is 12.0 Å². The highest BCUT2D eigenvalue weighted by Crippen LogP contribution is 2.34. The minimum Gasteiger partial charge on any atom is -0.497 e. The van der Waals surface area contributed by atoms with Crippen LogP contribution in [0.1, 0.15) is 60.5 Å². The molecule has 4 N–H and O–H groups in total. The molecule has 0 unspecified atom stereocenters. The zero-order valence-electron chi connectivity index (χ0n) is 23.5. The molecule has 1 atom stereocenters. The molecule has 0 saturated heterocycles. The number of benzene rings is 3. The quantitative estimate of drug-likeness (QED) is 0.250. The van der Waals surface area contributed by atoms with Crippen molar-refractivity contribution in [2.45, 2.75) is 58.4 Å². The molecule has 3 aromatic carbocycles. The maximum absolute atomic E-state index is 13.6. The van der Waals surface area contributed by atoms with Crippen LogP contribution in [0.25, 0.3) is 11.1 Å². The fourth-order valence-electron chi connectivity index (χ4n) is 5.40. The first kappa shape index (κ1) is 28.7. The van der Waals surface area contributed by atoms with Crippen molar-refractivity contribution in [3.05, 3.63) is 77.4 Å². The number of para-hydroxylation sites is 1. The number of carbonyl (C=O) groups is 3. The van der Waals surface area contributed by atoms with Crippen LogP contribution >= 0.6 is 0 Å². The molecule has 40 heavy (non-hydrogen) atoms. The fraction of sp³-hybridized carbons (Fsp3) is 0.344. The van der Waals surface area contributed by atoms with Gasteiger partial charge in [-0.25, -0.2) is 9.59 Å². The van der Waals surface area contributed by atoms with Crippen molar-refractivity contribution < 1.29 is 24.2 Å². The van der Waals surface area contributed by atoms with Crippen molar-refractivity contribution >= 4 is 29.3 Å². The summed E-state index contributed by atoms with van der Waals surface area (Å²) in [5.74, 6) is -1.09. The van der Waals surface area contributed by atoms with Crippen LogP contribution in [0.15, 0.2) is 60.7 Å². The lowest BCUT2D eigenvalue weighted by molar-refractivity contribution is -0.146. The number of nitrogens with one attached hydrogen (secondary N) is 3. The standard InChI is InChI=1S/C32H37N3O5/c1-20-9-8-10-21(2)28(20)34-31(39)33-27-19-23(22-13-16-25(40-4)17-14-22)15-18-26(27)29(36)35-32(3,30(37)38)24-11-6-5-7-12-24/h8-10,13-19,24H,5-7,11-12H2,1-4H3,(H,35,36)(H,37,38)(H2,33,34,39)/t32-/m0/s1. The van der Waals surface area contributed by atoms with E-state index in [1.54, 1.807) is 32.2 Å². The second kappa shape index (κ2) is 12.2. The van der Waals surface area contributed by atoms with E-state index >= 15 is 0 Å². The number of ether oxygens (including phenoxy) is 1. The number of amides is 3. The van der Waals surface area contributed by atoms with Gasteiger partial charge in [0, 0.05) is 5.69 Å². The molecule has 1 aliphatic carbocycles. The third-order valence-corrected chi connectivity index (χ3v) is 7.89. The highest BCUT2D eigenvalue weighted by Gasteiger charge is 2.43. The van der Waals surface area contributed by atoms with E-state index in [2.05, 4.69) is 16.0 Å². The maximum atomic E-state index is 13.6. The Labute approximate surface area is 235 Å². The highest BCUT2D eigenvalue weighted by atomic mass is 16.5. The van der Waals surface area contributed by atoms with Crippen molar-refractivity contribution in [3.8, 4) is 16.9 Å². The molecule has 1 saturated carbocycles. The number of carboxylic acids is 1. The van der Waals surface area contributed by atoms with Crippen LogP contribution in [0.2, 0.25) is 0 Å². The van der Waals surface area contributed by atoms with Gasteiger partial charge in [-0.3, -0.25) is 4.79 Å². The number of carbonyl (C=O) groups excluding carboxylic acids is 2. The second-order valence-corrected chi connectivity index (χ2v) is 10.6. The highest BCUT2D eigenvalue weighted by molar-refractivity contribution is 6.08. The number of urea groups is 1. The molecule has 8 nitrogen and oxygen atoms in total. The predicted molar refractivity (Wildman–Crippen MR) is 157 cm³/mol. The Morgan fingerprint density at radius 3 is 2.10 bits per heavy atom. The lowest BCUT2D eigenvalue weighted by Crippen LogP contribution is -2.57. The van der Waals surface area contributed by atoms with Crippen LogP contribution in [0.3, 0.4) is 0 Å². The minimum absolute atomic E-state index is 0.176. The van der Waals surface area contributed by atoms with Crippen molar-refractivity contribution in [1.82, 2.24) is 5.32 Å². The summed E-state index contributed by atoms with van der Waals surface area (Å²) in [5.41, 5.74) is 3.16. The number of anilines is 2. The number of hydrogen-bond acceptors (Lipinski definition) is 4. The monoisotopic (exact) mass is 543 g/mol. The van der Waals surface area contributed by atoms with Crippen molar-refractivity contribution in [2.75, 3.05) is 17.7 Å². The molecule has 210 valence electrons. The summed E-state index contributed by atoms with van der Waals surface area (Å²) in [5, 5.41) is 18.7. The molecule has 8 heteroatoms. The molecular formula is C32H37N3O5. The third-order valence-electron chi connectivity index (χ3n) is 7.89. The Morgan fingerprint density at radius 2 is 1.50 bits per heavy atom. The number of rotatable bonds is 8. The van der Waals surface area contributed by atoms with E-state index in [-0.39, 0.29) is 17.2 Å². The van der Waals surface area contributed by atoms with Gasteiger partial charge in [0.25, 0.3) is 5.91 Å². The Hall–Kier alpha value is -4.33. The van der Waals surface area contributed by atoms with Crippen LogP contribution in [0, 0.1) is 19.8 Å². The topological polar surface area (TPSA) is 117 Å². The Kier molecular flexibility index (Phi) is 8.77. The molecule has 4 rings (SSSR count). The van der Waals surface area contributed by atoms with Crippen LogP contribution in [0.5, 0.6) is 5.75 Å². The zero-order valence-corrected chi connectivity index (χ0v) is 23.5. The van der Waals surface area contributed by atoms with Gasteiger partial charge in [0.15, 0.2) is 0 Å². The number of hydrogen-bond donors (Lipinski definition) is 4. The number of aryl methyl sites for hydroxylation is 2. The Bertz CT molecular complexity index is 1380. The first-order valence-corrected chi connectivity index (χ1v) is 13.6. The first-order chi connectivity index (χ1) is 19.1. The van der Waals surface area contributed by atoms with E-state index in [1.165, 1.54) is 0 Å². The molecule has 1 fully saturated rings. The Balaban J connectivity index is 1.68. The summed E-state index contributed by atoms with van der Waals surface area (Å²) in [6.45, 7) is 5.39. The SMILES string of the molecule is COc1ccc(-c2ccc(C(=O)N[C@](C)(C(=O)O)C3CCCCC3)c(NC(=O)Nc3c(C)cccc3C)c2)cc1. The summed E-state index contributed by atoms with van der Waals surface area (Å²) >= 11 is 0. The second-order valence-electron chi connectivity index (χ2n) is 10.6. The van der Waals surface area contributed by atoms with Gasteiger partial charge in [0.1, 0.15) is 11.3 Å². The van der Waals surface area contributed by atoms with Crippen molar-refractivity contribution in [1.29, 1.82) is 0 Å². The summed E-state index contributed by atoms with van der Waals surface area (Å²) in [7, 11) is 1.59. The number of aliphatic carboxylic acids is 1. The van der Waals surface area contributed by atoms with Crippen LogP contribution in [0.4, 0.5) is 16.2 Å². The van der Waals surface area contributed by atoms with Crippen LogP contribution in [-0.2, 0) is 4.79 Å². The fourth-order valence-corrected chi connectivity index (χ4v) is 5.40. The van der Waals surface area contributed by atoms with Gasteiger partial charge in [-0.1, -0.05) is 55.7 Å². The van der Waals surface area contributed by atoms with Crippen molar-refractivity contribution in [2.24, 2.45) is 5.92 Å². The largest absolute Gasteiger partial charge is 0.497 e. The summed E-state index contributed by atoms with van der Waals surface area (Å²) < 4.78 is 5.26. The van der Waals surface area contributed by atoms with Gasteiger partial charge < -0.3 is 25.8 Å². The van der Waals surface area contributed by atoms with Gasteiger partial charge in [-0.05, 0) is 86.1 Å². The number of methoxy groups -OCH3 is 1. The average Bonchev–Trinajstić information content (AvgIpc) is 2.95.